The van der Waals surface area contributed by atoms with Crippen LogP contribution in [-0.4, -0.2) is 42.7 Å². The number of nitrogens with zero attached hydrogens (tertiary/aromatic N) is 4. The number of anilines is 1. The molecule has 0 aliphatic carbocycles. The van der Waals surface area contributed by atoms with Gasteiger partial charge in [0, 0.05) is 19.0 Å². The Morgan fingerprint density at radius 1 is 1.32 bits per heavy atom. The van der Waals surface area contributed by atoms with Crippen LogP contribution in [0.2, 0.25) is 0 Å². The van der Waals surface area contributed by atoms with E-state index in [0.717, 1.165) is 49.2 Å². The first-order valence-electron chi connectivity index (χ1n) is 9.26. The highest BCUT2D eigenvalue weighted by Crippen LogP contribution is 2.26. The Labute approximate surface area is 150 Å². The second kappa shape index (κ2) is 8.36. The molecule has 1 fully saturated rings. The standard InChI is InChI=1S/C18H27BN4O2/c1-13(2)17-21-18(25-22-17)23-9-7-14(8-10-23)4-3-11-24-15-5-6-16(19)20-12-15/h5-6,12-14H,3-4,7-11,19H2,1-2H3. The fourth-order valence-electron chi connectivity index (χ4n) is 3.10. The van der Waals surface area contributed by atoms with Gasteiger partial charge in [0.1, 0.15) is 5.75 Å². The number of hydrogen-bond acceptors (Lipinski definition) is 6. The van der Waals surface area contributed by atoms with Gasteiger partial charge in [-0.2, -0.15) is 4.98 Å². The van der Waals surface area contributed by atoms with Crippen molar-refractivity contribution in [3.63, 3.8) is 0 Å². The Bertz CT molecular complexity index is 651. The lowest BCUT2D eigenvalue weighted by molar-refractivity contribution is 0.276. The molecule has 1 aliphatic rings. The third-order valence-corrected chi connectivity index (χ3v) is 4.74. The molecule has 0 bridgehead atoms. The molecule has 0 atom stereocenters. The number of ether oxygens (including phenoxy) is 1. The van der Waals surface area contributed by atoms with Crippen molar-refractivity contribution in [3.05, 3.63) is 24.2 Å². The van der Waals surface area contributed by atoms with Gasteiger partial charge in [-0.25, -0.2) is 0 Å². The molecule has 1 saturated heterocycles. The van der Waals surface area contributed by atoms with Crippen molar-refractivity contribution in [1.82, 2.24) is 15.1 Å². The Morgan fingerprint density at radius 2 is 2.12 bits per heavy atom. The largest absolute Gasteiger partial charge is 0.492 e. The average Bonchev–Trinajstić information content (AvgIpc) is 3.11. The summed E-state index contributed by atoms with van der Waals surface area (Å²) < 4.78 is 11.2. The molecule has 6 nitrogen and oxygen atoms in total. The maximum atomic E-state index is 5.76. The minimum atomic E-state index is 0.304. The Hall–Kier alpha value is -2.05. The van der Waals surface area contributed by atoms with E-state index in [1.165, 1.54) is 19.3 Å². The van der Waals surface area contributed by atoms with Gasteiger partial charge in [0.2, 0.25) is 0 Å². The number of hydrogen-bond donors (Lipinski definition) is 0. The van der Waals surface area contributed by atoms with Crippen molar-refractivity contribution in [2.24, 2.45) is 5.92 Å². The van der Waals surface area contributed by atoms with Crippen LogP contribution in [0.4, 0.5) is 6.01 Å². The van der Waals surface area contributed by atoms with E-state index in [4.69, 9.17) is 9.26 Å². The molecule has 2 aromatic heterocycles. The number of aromatic nitrogens is 3. The fourth-order valence-corrected chi connectivity index (χ4v) is 3.10. The first-order chi connectivity index (χ1) is 12.1. The summed E-state index contributed by atoms with van der Waals surface area (Å²) in [6.07, 6.45) is 6.42. The second-order valence-corrected chi connectivity index (χ2v) is 7.15. The van der Waals surface area contributed by atoms with E-state index in [1.807, 2.05) is 20.0 Å². The molecule has 0 spiro atoms. The summed E-state index contributed by atoms with van der Waals surface area (Å²) in [5.41, 5.74) is 1.01. The molecule has 0 unspecified atom stereocenters. The minimum absolute atomic E-state index is 0.304. The molecule has 1 aliphatic heterocycles. The highest BCUT2D eigenvalue weighted by atomic mass is 16.5. The highest BCUT2D eigenvalue weighted by Gasteiger charge is 2.23. The zero-order chi connectivity index (χ0) is 17.6. The topological polar surface area (TPSA) is 64.3 Å². The van der Waals surface area contributed by atoms with E-state index in [0.29, 0.717) is 11.9 Å². The van der Waals surface area contributed by atoms with Gasteiger partial charge in [-0.15, -0.1) is 0 Å². The van der Waals surface area contributed by atoms with Crippen LogP contribution in [0.1, 0.15) is 51.3 Å². The Morgan fingerprint density at radius 3 is 2.76 bits per heavy atom. The normalized spacial score (nSPS) is 15.7. The molecule has 0 amide bonds. The zero-order valence-electron chi connectivity index (χ0n) is 15.4. The summed E-state index contributed by atoms with van der Waals surface area (Å²) in [5, 5.41) is 4.06. The van der Waals surface area contributed by atoms with Gasteiger partial charge < -0.3 is 14.2 Å². The van der Waals surface area contributed by atoms with E-state index >= 15 is 0 Å². The first-order valence-corrected chi connectivity index (χ1v) is 9.26. The number of pyridine rings is 1. The van der Waals surface area contributed by atoms with Gasteiger partial charge in [0.15, 0.2) is 13.7 Å². The van der Waals surface area contributed by atoms with E-state index in [1.54, 1.807) is 6.20 Å². The van der Waals surface area contributed by atoms with Gasteiger partial charge in [0.05, 0.1) is 12.8 Å². The van der Waals surface area contributed by atoms with Crippen molar-refractivity contribution in [2.75, 3.05) is 24.6 Å². The predicted octanol–water partition coefficient (Wildman–Crippen LogP) is 1.92. The number of piperidine rings is 1. The Balaban J connectivity index is 1.35. The highest BCUT2D eigenvalue weighted by molar-refractivity contribution is 6.30. The van der Waals surface area contributed by atoms with E-state index < -0.39 is 0 Å². The van der Waals surface area contributed by atoms with E-state index in [2.05, 4.69) is 33.9 Å². The summed E-state index contributed by atoms with van der Waals surface area (Å²) in [7, 11) is 1.98. The average molecular weight is 342 g/mol. The molecule has 2 aromatic rings. The van der Waals surface area contributed by atoms with Crippen LogP contribution in [0, 0.1) is 5.92 Å². The molecule has 3 rings (SSSR count). The third kappa shape index (κ3) is 4.97. The van der Waals surface area contributed by atoms with Gasteiger partial charge in [-0.1, -0.05) is 19.0 Å². The fraction of sp³-hybridized carbons (Fsp3) is 0.611. The summed E-state index contributed by atoms with van der Waals surface area (Å²) >= 11 is 0. The first kappa shape index (κ1) is 17.8. The Kier molecular flexibility index (Phi) is 5.94. The van der Waals surface area contributed by atoms with Crippen molar-refractivity contribution in [2.45, 2.75) is 45.4 Å². The van der Waals surface area contributed by atoms with Crippen molar-refractivity contribution in [3.8, 4) is 5.75 Å². The summed E-state index contributed by atoms with van der Waals surface area (Å²) in [4.78, 5) is 11.0. The molecular weight excluding hydrogens is 315 g/mol. The summed E-state index contributed by atoms with van der Waals surface area (Å²) in [5.74, 6) is 2.71. The quantitative estimate of drug-likeness (QED) is 0.566. The lowest BCUT2D eigenvalue weighted by Gasteiger charge is -2.30. The van der Waals surface area contributed by atoms with Crippen molar-refractivity contribution < 1.29 is 9.26 Å². The molecule has 25 heavy (non-hydrogen) atoms. The predicted molar refractivity (Wildman–Crippen MR) is 100 cm³/mol. The monoisotopic (exact) mass is 342 g/mol. The molecular formula is C18H27BN4O2. The lowest BCUT2D eigenvalue weighted by Crippen LogP contribution is -2.34. The maximum Gasteiger partial charge on any atom is 0.324 e. The third-order valence-electron chi connectivity index (χ3n) is 4.74. The van der Waals surface area contributed by atoms with Crippen LogP contribution in [0.15, 0.2) is 22.9 Å². The van der Waals surface area contributed by atoms with Crippen molar-refractivity contribution in [1.29, 1.82) is 0 Å². The number of rotatable bonds is 7. The minimum Gasteiger partial charge on any atom is -0.492 e. The smallest absolute Gasteiger partial charge is 0.324 e. The SMILES string of the molecule is Bc1ccc(OCCCC2CCN(c3nc(C(C)C)no3)CC2)cn1. The van der Waals surface area contributed by atoms with Crippen LogP contribution in [-0.2, 0) is 0 Å². The molecule has 0 radical (unpaired) electrons. The molecule has 134 valence electrons. The van der Waals surface area contributed by atoms with Gasteiger partial charge in [0.25, 0.3) is 0 Å². The van der Waals surface area contributed by atoms with Gasteiger partial charge in [-0.3, -0.25) is 4.98 Å². The summed E-state index contributed by atoms with van der Waals surface area (Å²) in [6, 6.07) is 4.64. The molecule has 7 heteroatoms. The van der Waals surface area contributed by atoms with Gasteiger partial charge >= 0.3 is 6.01 Å². The maximum absolute atomic E-state index is 5.76. The second-order valence-electron chi connectivity index (χ2n) is 7.15. The summed E-state index contributed by atoms with van der Waals surface area (Å²) in [6.45, 7) is 6.90. The van der Waals surface area contributed by atoms with Crippen LogP contribution in [0.5, 0.6) is 5.75 Å². The van der Waals surface area contributed by atoms with Crippen LogP contribution in [0.3, 0.4) is 0 Å². The molecule has 3 heterocycles. The van der Waals surface area contributed by atoms with E-state index in [-0.39, 0.29) is 0 Å². The van der Waals surface area contributed by atoms with Crippen LogP contribution >= 0.6 is 0 Å². The molecule has 0 N–H and O–H groups in total. The lowest BCUT2D eigenvalue weighted by atomic mass is 9.92. The van der Waals surface area contributed by atoms with Crippen LogP contribution in [0.25, 0.3) is 0 Å². The molecule has 0 saturated carbocycles. The van der Waals surface area contributed by atoms with Gasteiger partial charge in [-0.05, 0) is 49.3 Å². The zero-order valence-corrected chi connectivity index (χ0v) is 15.4. The molecule has 0 aromatic carbocycles. The van der Waals surface area contributed by atoms with Crippen molar-refractivity contribution >= 4 is 19.5 Å². The van der Waals surface area contributed by atoms with Crippen LogP contribution < -0.4 is 15.2 Å². The van der Waals surface area contributed by atoms with E-state index in [9.17, 15) is 0 Å².